The van der Waals surface area contributed by atoms with E-state index in [4.69, 9.17) is 5.11 Å². The molecule has 1 heterocycles. The molecule has 1 atom stereocenters. The van der Waals surface area contributed by atoms with Crippen LogP contribution in [0.5, 0.6) is 0 Å². The van der Waals surface area contributed by atoms with E-state index in [-0.39, 0.29) is 5.92 Å². The molecule has 1 fully saturated rings. The quantitative estimate of drug-likeness (QED) is 0.873. The molecule has 0 bridgehead atoms. The van der Waals surface area contributed by atoms with Crippen LogP contribution < -0.4 is 0 Å². The van der Waals surface area contributed by atoms with Crippen LogP contribution in [-0.2, 0) is 11.2 Å². The van der Waals surface area contributed by atoms with Crippen LogP contribution in [0.25, 0.3) is 0 Å². The van der Waals surface area contributed by atoms with Gasteiger partial charge in [0.1, 0.15) is 0 Å². The van der Waals surface area contributed by atoms with Crippen molar-refractivity contribution in [3.63, 3.8) is 0 Å². The van der Waals surface area contributed by atoms with Crippen LogP contribution in [0.15, 0.2) is 24.3 Å². The van der Waals surface area contributed by atoms with Crippen LogP contribution in [0.2, 0.25) is 0 Å². The summed E-state index contributed by atoms with van der Waals surface area (Å²) in [7, 11) is 0. The third kappa shape index (κ3) is 2.40. The van der Waals surface area contributed by atoms with E-state index in [2.05, 4.69) is 12.1 Å². The minimum absolute atomic E-state index is 0.297. The number of rotatable bonds is 4. The first-order valence-corrected chi connectivity index (χ1v) is 6.72. The molecular weight excluding hydrogens is 220 g/mol. The van der Waals surface area contributed by atoms with Gasteiger partial charge in [-0.3, -0.25) is 4.79 Å². The fourth-order valence-electron chi connectivity index (χ4n) is 1.95. The average molecular weight is 236 g/mol. The van der Waals surface area contributed by atoms with Gasteiger partial charge in [0.15, 0.2) is 0 Å². The van der Waals surface area contributed by atoms with E-state index in [1.54, 1.807) is 6.92 Å². The van der Waals surface area contributed by atoms with E-state index in [1.165, 1.54) is 22.6 Å². The second-order valence-corrected chi connectivity index (χ2v) is 5.45. The fraction of sp³-hybridized carbons (Fsp3) is 0.462. The molecule has 1 aliphatic heterocycles. The molecule has 0 spiro atoms. The van der Waals surface area contributed by atoms with Gasteiger partial charge in [-0.2, -0.15) is 11.8 Å². The Bertz CT molecular complexity index is 385. The number of aliphatic carboxylic acids is 1. The van der Waals surface area contributed by atoms with Gasteiger partial charge in [-0.25, -0.2) is 0 Å². The molecule has 0 saturated carbocycles. The first kappa shape index (κ1) is 11.5. The SMILES string of the molecule is CC(Cc1ccccc1C1CSC1)C(=O)O. The Morgan fingerprint density at radius 2 is 2.19 bits per heavy atom. The molecule has 2 nitrogen and oxygen atoms in total. The van der Waals surface area contributed by atoms with Gasteiger partial charge in [-0.05, 0) is 17.5 Å². The van der Waals surface area contributed by atoms with Crippen LogP contribution in [0.1, 0.15) is 24.0 Å². The van der Waals surface area contributed by atoms with E-state index >= 15 is 0 Å². The van der Waals surface area contributed by atoms with Gasteiger partial charge in [0, 0.05) is 17.4 Å². The largest absolute Gasteiger partial charge is 0.481 e. The summed E-state index contributed by atoms with van der Waals surface area (Å²) in [5, 5.41) is 8.94. The maximum Gasteiger partial charge on any atom is 0.306 e. The van der Waals surface area contributed by atoms with Crippen molar-refractivity contribution in [1.82, 2.24) is 0 Å². The average Bonchev–Trinajstić information content (AvgIpc) is 2.18. The minimum Gasteiger partial charge on any atom is -0.481 e. The van der Waals surface area contributed by atoms with Crippen molar-refractivity contribution in [3.05, 3.63) is 35.4 Å². The summed E-state index contributed by atoms with van der Waals surface area (Å²) in [4.78, 5) is 10.9. The van der Waals surface area contributed by atoms with E-state index in [9.17, 15) is 4.79 Å². The van der Waals surface area contributed by atoms with Crippen LogP contribution in [0.4, 0.5) is 0 Å². The molecule has 0 amide bonds. The van der Waals surface area contributed by atoms with Crippen LogP contribution in [-0.4, -0.2) is 22.6 Å². The number of hydrogen-bond acceptors (Lipinski definition) is 2. The highest BCUT2D eigenvalue weighted by molar-refractivity contribution is 8.00. The number of carboxylic acid groups (broad SMARTS) is 1. The monoisotopic (exact) mass is 236 g/mol. The summed E-state index contributed by atoms with van der Waals surface area (Å²) >= 11 is 1.96. The Morgan fingerprint density at radius 1 is 1.50 bits per heavy atom. The maximum absolute atomic E-state index is 10.9. The molecule has 1 aromatic carbocycles. The van der Waals surface area contributed by atoms with Crippen LogP contribution in [0.3, 0.4) is 0 Å². The van der Waals surface area contributed by atoms with Crippen LogP contribution in [0, 0.1) is 5.92 Å². The van der Waals surface area contributed by atoms with Crippen molar-refractivity contribution in [3.8, 4) is 0 Å². The molecule has 1 saturated heterocycles. The molecule has 1 aliphatic rings. The van der Waals surface area contributed by atoms with Crippen molar-refractivity contribution in [2.75, 3.05) is 11.5 Å². The Labute approximate surface area is 100 Å². The van der Waals surface area contributed by atoms with Crippen molar-refractivity contribution in [1.29, 1.82) is 0 Å². The first-order chi connectivity index (χ1) is 7.68. The highest BCUT2D eigenvalue weighted by atomic mass is 32.2. The van der Waals surface area contributed by atoms with E-state index in [1.807, 2.05) is 23.9 Å². The van der Waals surface area contributed by atoms with Gasteiger partial charge in [0.05, 0.1) is 5.92 Å². The molecule has 0 aromatic heterocycles. The zero-order valence-corrected chi connectivity index (χ0v) is 10.2. The van der Waals surface area contributed by atoms with Gasteiger partial charge in [-0.15, -0.1) is 0 Å². The third-order valence-corrected chi connectivity index (χ3v) is 4.36. The summed E-state index contributed by atoms with van der Waals surface area (Å²) in [6.07, 6.45) is 0.646. The molecule has 0 aliphatic carbocycles. The lowest BCUT2D eigenvalue weighted by molar-refractivity contribution is -0.141. The molecular formula is C13H16O2S. The van der Waals surface area contributed by atoms with Crippen LogP contribution >= 0.6 is 11.8 Å². The van der Waals surface area contributed by atoms with Crippen molar-refractivity contribution in [2.45, 2.75) is 19.3 Å². The van der Waals surface area contributed by atoms with Gasteiger partial charge in [0.2, 0.25) is 0 Å². The highest BCUT2D eigenvalue weighted by Gasteiger charge is 2.23. The molecule has 86 valence electrons. The number of carbonyl (C=O) groups is 1. The predicted molar refractivity (Wildman–Crippen MR) is 67.0 cm³/mol. The summed E-state index contributed by atoms with van der Waals surface area (Å²) < 4.78 is 0. The summed E-state index contributed by atoms with van der Waals surface area (Å²) in [6, 6.07) is 8.26. The zero-order chi connectivity index (χ0) is 11.5. The number of carboxylic acids is 1. The van der Waals surface area contributed by atoms with Crippen molar-refractivity contribution >= 4 is 17.7 Å². The Morgan fingerprint density at radius 3 is 2.75 bits per heavy atom. The standard InChI is InChI=1S/C13H16O2S/c1-9(13(14)15)6-10-4-2-3-5-12(10)11-7-16-8-11/h2-5,9,11H,6-8H2,1H3,(H,14,15). The van der Waals surface area contributed by atoms with Crippen molar-refractivity contribution < 1.29 is 9.90 Å². The lowest BCUT2D eigenvalue weighted by Crippen LogP contribution is -2.19. The second-order valence-electron chi connectivity index (χ2n) is 4.38. The van der Waals surface area contributed by atoms with Gasteiger partial charge >= 0.3 is 5.97 Å². The number of hydrogen-bond donors (Lipinski definition) is 1. The molecule has 0 radical (unpaired) electrons. The second kappa shape index (κ2) is 4.91. The summed E-state index contributed by atoms with van der Waals surface area (Å²) in [5.74, 6) is 1.99. The fourth-order valence-corrected chi connectivity index (χ4v) is 2.78. The van der Waals surface area contributed by atoms with Crippen molar-refractivity contribution in [2.24, 2.45) is 5.92 Å². The first-order valence-electron chi connectivity index (χ1n) is 5.57. The number of benzene rings is 1. The van der Waals surface area contributed by atoms with Gasteiger partial charge < -0.3 is 5.11 Å². The molecule has 3 heteroatoms. The van der Waals surface area contributed by atoms with Gasteiger partial charge in [0.25, 0.3) is 0 Å². The summed E-state index contributed by atoms with van der Waals surface area (Å²) in [6.45, 7) is 1.77. The van der Waals surface area contributed by atoms with E-state index in [0.717, 1.165) is 0 Å². The minimum atomic E-state index is -0.710. The topological polar surface area (TPSA) is 37.3 Å². The Kier molecular flexibility index (Phi) is 3.54. The maximum atomic E-state index is 10.9. The third-order valence-electron chi connectivity index (χ3n) is 3.08. The predicted octanol–water partition coefficient (Wildman–Crippen LogP) is 2.78. The van der Waals surface area contributed by atoms with E-state index < -0.39 is 5.97 Å². The lowest BCUT2D eigenvalue weighted by Gasteiger charge is -2.27. The summed E-state index contributed by atoms with van der Waals surface area (Å²) in [5.41, 5.74) is 2.57. The highest BCUT2D eigenvalue weighted by Crippen LogP contribution is 2.36. The number of thioether (sulfide) groups is 1. The molecule has 16 heavy (non-hydrogen) atoms. The molecule has 1 unspecified atom stereocenters. The smallest absolute Gasteiger partial charge is 0.306 e. The molecule has 2 rings (SSSR count). The normalized spacial score (nSPS) is 17.8. The Hall–Kier alpha value is -0.960. The zero-order valence-electron chi connectivity index (χ0n) is 9.35. The van der Waals surface area contributed by atoms with Gasteiger partial charge in [-0.1, -0.05) is 31.2 Å². The molecule has 1 N–H and O–H groups in total. The lowest BCUT2D eigenvalue weighted by atomic mass is 9.91. The van der Waals surface area contributed by atoms with E-state index in [0.29, 0.717) is 12.3 Å². The Balaban J connectivity index is 2.16. The molecule has 1 aromatic rings.